The zero-order chi connectivity index (χ0) is 26.4. The number of nitrogens with zero attached hydrogens (tertiary/aromatic N) is 4. The summed E-state index contributed by atoms with van der Waals surface area (Å²) >= 11 is 0. The van der Waals surface area contributed by atoms with Crippen LogP contribution in [0.25, 0.3) is 6.08 Å². The molecule has 36 heavy (non-hydrogen) atoms. The van der Waals surface area contributed by atoms with E-state index in [1.54, 1.807) is 15.8 Å². The van der Waals surface area contributed by atoms with Gasteiger partial charge in [-0.05, 0) is 44.7 Å². The van der Waals surface area contributed by atoms with Gasteiger partial charge in [-0.1, -0.05) is 31.6 Å². The Morgan fingerprint density at radius 2 is 1.81 bits per heavy atom. The zero-order valence-electron chi connectivity index (χ0n) is 22.1. The van der Waals surface area contributed by atoms with Crippen molar-refractivity contribution in [2.45, 2.75) is 52.2 Å². The summed E-state index contributed by atoms with van der Waals surface area (Å²) in [7, 11) is 3.84. The van der Waals surface area contributed by atoms with Gasteiger partial charge < -0.3 is 19.6 Å². The quantitative estimate of drug-likeness (QED) is 0.503. The summed E-state index contributed by atoms with van der Waals surface area (Å²) in [5, 5.41) is 14.7. The van der Waals surface area contributed by atoms with Gasteiger partial charge in [-0.2, -0.15) is 5.10 Å². The van der Waals surface area contributed by atoms with Crippen LogP contribution in [0, 0.1) is 17.8 Å². The van der Waals surface area contributed by atoms with E-state index in [2.05, 4.69) is 10.00 Å². The van der Waals surface area contributed by atoms with E-state index in [1.165, 1.54) is 0 Å². The van der Waals surface area contributed by atoms with Crippen molar-refractivity contribution in [2.24, 2.45) is 24.8 Å². The second kappa shape index (κ2) is 12.5. The molecule has 9 heteroatoms. The smallest absolute Gasteiger partial charge is 0.410 e. The van der Waals surface area contributed by atoms with Crippen molar-refractivity contribution < 1.29 is 24.2 Å². The lowest BCUT2D eigenvalue weighted by Crippen LogP contribution is -2.48. The number of likely N-dealkylation sites (N-methyl/N-ethyl adjacent to an activating group) is 1. The van der Waals surface area contributed by atoms with Crippen LogP contribution in [0.5, 0.6) is 0 Å². The van der Waals surface area contributed by atoms with Gasteiger partial charge in [0.15, 0.2) is 0 Å². The Labute approximate surface area is 213 Å². The van der Waals surface area contributed by atoms with Crippen molar-refractivity contribution >= 4 is 23.7 Å². The largest absolute Gasteiger partial charge is 0.442 e. The van der Waals surface area contributed by atoms with Crippen molar-refractivity contribution in [3.8, 4) is 0 Å². The van der Waals surface area contributed by atoms with Gasteiger partial charge in [0.1, 0.15) is 6.10 Å². The number of Topliss-reactive ketones (excluding diaryl/α,β-unsaturated/α-hetero) is 2. The summed E-state index contributed by atoms with van der Waals surface area (Å²) in [5.41, 5.74) is 1.58. The maximum atomic E-state index is 13.3. The molecule has 1 aliphatic heterocycles. The molecule has 0 aromatic carbocycles. The summed E-state index contributed by atoms with van der Waals surface area (Å²) in [5.74, 6) is -2.13. The van der Waals surface area contributed by atoms with Crippen molar-refractivity contribution in [3.05, 3.63) is 35.7 Å². The lowest BCUT2D eigenvalue weighted by atomic mass is 9.80. The second-order valence-corrected chi connectivity index (χ2v) is 10.4. The highest BCUT2D eigenvalue weighted by atomic mass is 16.6. The fraction of sp³-hybridized carbons (Fsp3) is 0.630. The van der Waals surface area contributed by atoms with E-state index >= 15 is 0 Å². The van der Waals surface area contributed by atoms with Crippen molar-refractivity contribution in [1.82, 2.24) is 19.6 Å². The van der Waals surface area contributed by atoms with E-state index in [0.717, 1.165) is 24.2 Å². The summed E-state index contributed by atoms with van der Waals surface area (Å²) in [4.78, 5) is 42.8. The third kappa shape index (κ3) is 7.36. The first-order chi connectivity index (χ1) is 17.0. The summed E-state index contributed by atoms with van der Waals surface area (Å²) in [6.07, 6.45) is 8.07. The van der Waals surface area contributed by atoms with Crippen molar-refractivity contribution in [1.29, 1.82) is 0 Å². The second-order valence-electron chi connectivity index (χ2n) is 10.4. The summed E-state index contributed by atoms with van der Waals surface area (Å²) in [6, 6.07) is 0. The van der Waals surface area contributed by atoms with Gasteiger partial charge in [-0.15, -0.1) is 0 Å². The number of carbonyl (C=O) groups excluding carboxylic acids is 3. The van der Waals surface area contributed by atoms with Gasteiger partial charge >= 0.3 is 6.09 Å². The normalized spacial score (nSPS) is 30.4. The molecular weight excluding hydrogens is 460 g/mol. The number of aliphatic hydroxyl groups is 1. The Balaban J connectivity index is 1.86. The zero-order valence-corrected chi connectivity index (χ0v) is 22.1. The molecule has 9 nitrogen and oxygen atoms in total. The Morgan fingerprint density at radius 3 is 2.44 bits per heavy atom. The van der Waals surface area contributed by atoms with Gasteiger partial charge in [0.05, 0.1) is 18.2 Å². The number of allylic oxidation sites excluding steroid dienone is 2. The predicted octanol–water partition coefficient (Wildman–Crippen LogP) is 2.70. The standard InChI is InChI=1S/C27H40N4O5/c1-18-6-8-22(32)15-23(33)26(34)25(20(3)14-21-16-28-30(5)17-21)19(2)7-9-24(18)36-27(35)31-12-10-29(4)11-13-31/h7,9,14,16-19,22,24-25,32H,6,8,10-13,15H2,1-5H3/b9-7+,20-14+/t18-,19-,22+,24-,25-/m0/s1. The van der Waals surface area contributed by atoms with Crippen LogP contribution >= 0.6 is 0 Å². The Hall–Kier alpha value is -2.78. The number of carbonyl (C=O) groups is 3. The van der Waals surface area contributed by atoms with Gasteiger partial charge in [0.25, 0.3) is 0 Å². The third-order valence-electron chi connectivity index (χ3n) is 7.23. The molecule has 1 aromatic rings. The number of aromatic nitrogens is 2. The molecule has 0 spiro atoms. The number of amides is 1. The highest BCUT2D eigenvalue weighted by Crippen LogP contribution is 2.28. The first-order valence-corrected chi connectivity index (χ1v) is 12.8. The number of ketones is 2. The molecule has 1 saturated heterocycles. The molecule has 0 unspecified atom stereocenters. The predicted molar refractivity (Wildman–Crippen MR) is 137 cm³/mol. The number of hydrogen-bond donors (Lipinski definition) is 1. The van der Waals surface area contributed by atoms with E-state index in [9.17, 15) is 19.5 Å². The third-order valence-corrected chi connectivity index (χ3v) is 7.23. The molecule has 0 radical (unpaired) electrons. The van der Waals surface area contributed by atoms with Crippen molar-refractivity contribution in [2.75, 3.05) is 33.2 Å². The van der Waals surface area contributed by atoms with Gasteiger partial charge in [0.2, 0.25) is 11.6 Å². The van der Waals surface area contributed by atoms with Crippen LogP contribution in [0.3, 0.4) is 0 Å². The monoisotopic (exact) mass is 500 g/mol. The van der Waals surface area contributed by atoms with Crippen LogP contribution in [-0.2, 0) is 21.4 Å². The number of hydrogen-bond acceptors (Lipinski definition) is 7. The van der Waals surface area contributed by atoms with Crippen molar-refractivity contribution in [3.63, 3.8) is 0 Å². The van der Waals surface area contributed by atoms with Crippen LogP contribution in [0.1, 0.15) is 45.6 Å². The minimum absolute atomic E-state index is 0.0600. The maximum absolute atomic E-state index is 13.3. The van der Waals surface area contributed by atoms with Gasteiger partial charge in [-0.25, -0.2) is 4.79 Å². The lowest BCUT2D eigenvalue weighted by Gasteiger charge is -2.33. The van der Waals surface area contributed by atoms with Crippen LogP contribution < -0.4 is 0 Å². The Kier molecular flexibility index (Phi) is 9.62. The van der Waals surface area contributed by atoms with Crippen LogP contribution in [0.15, 0.2) is 30.1 Å². The number of ether oxygens (including phenoxy) is 1. The molecule has 2 heterocycles. The van der Waals surface area contributed by atoms with E-state index < -0.39 is 29.7 Å². The van der Waals surface area contributed by atoms with Crippen LogP contribution in [-0.4, -0.2) is 87.8 Å². The number of aryl methyl sites for hydroxylation is 1. The van der Waals surface area contributed by atoms with Crippen LogP contribution in [0.4, 0.5) is 4.79 Å². The highest BCUT2D eigenvalue weighted by Gasteiger charge is 2.33. The summed E-state index contributed by atoms with van der Waals surface area (Å²) < 4.78 is 7.60. The van der Waals surface area contributed by atoms with E-state index in [1.807, 2.05) is 59.3 Å². The van der Waals surface area contributed by atoms with Gasteiger partial charge in [0, 0.05) is 51.4 Å². The molecule has 0 saturated carbocycles. The molecule has 3 rings (SSSR count). The first kappa shape index (κ1) is 27.8. The fourth-order valence-electron chi connectivity index (χ4n) is 4.86. The Bertz CT molecular complexity index is 992. The number of piperazine rings is 1. The fourth-order valence-corrected chi connectivity index (χ4v) is 4.86. The van der Waals surface area contributed by atoms with E-state index in [4.69, 9.17) is 4.74 Å². The molecule has 1 fully saturated rings. The molecule has 0 bridgehead atoms. The highest BCUT2D eigenvalue weighted by molar-refractivity contribution is 6.38. The molecule has 198 valence electrons. The molecule has 1 aliphatic carbocycles. The van der Waals surface area contributed by atoms with Crippen LogP contribution in [0.2, 0.25) is 0 Å². The minimum Gasteiger partial charge on any atom is -0.442 e. The van der Waals surface area contributed by atoms with E-state index in [0.29, 0.717) is 25.9 Å². The first-order valence-electron chi connectivity index (χ1n) is 12.8. The van der Waals surface area contributed by atoms with E-state index in [-0.39, 0.29) is 24.3 Å². The molecule has 2 aliphatic rings. The molecule has 1 amide bonds. The topological polar surface area (TPSA) is 105 Å². The average Bonchev–Trinajstić information content (AvgIpc) is 3.24. The molecule has 1 N–H and O–H groups in total. The molecule has 1 aromatic heterocycles. The maximum Gasteiger partial charge on any atom is 0.410 e. The average molecular weight is 501 g/mol. The lowest BCUT2D eigenvalue weighted by molar-refractivity contribution is -0.140. The Morgan fingerprint density at radius 1 is 1.11 bits per heavy atom. The molecule has 5 atom stereocenters. The molecular formula is C27H40N4O5. The SMILES string of the molecule is C/C(=C\c1cnn(C)c1)[C@H]1C(=O)C(=O)C[C@H](O)CC[C@H](C)[C@@H](OC(=O)N2CCN(C)CC2)/C=C/[C@@H]1C. The van der Waals surface area contributed by atoms with Gasteiger partial charge in [-0.3, -0.25) is 14.3 Å². The summed E-state index contributed by atoms with van der Waals surface area (Å²) in [6.45, 7) is 8.54. The number of aliphatic hydroxyl groups excluding tert-OH is 1. The minimum atomic E-state index is -0.917. The number of rotatable bonds is 3.